The average molecular weight is 334 g/mol. The molecule has 0 aliphatic heterocycles. The summed E-state index contributed by atoms with van der Waals surface area (Å²) in [6, 6.07) is 5.23. The van der Waals surface area contributed by atoms with Crippen LogP contribution >= 0.6 is 11.6 Å². The van der Waals surface area contributed by atoms with E-state index in [2.05, 4.69) is 21.3 Å². The number of rotatable bonds is 3. The van der Waals surface area contributed by atoms with Gasteiger partial charge in [-0.05, 0) is 43.9 Å². The van der Waals surface area contributed by atoms with Gasteiger partial charge in [0.15, 0.2) is 0 Å². The van der Waals surface area contributed by atoms with Crippen molar-refractivity contribution < 1.29 is 4.79 Å². The Kier molecular flexibility index (Phi) is 4.43. The first kappa shape index (κ1) is 15.7. The molecule has 122 valence electrons. The summed E-state index contributed by atoms with van der Waals surface area (Å²) in [6.45, 7) is 1.90. The topological polar surface area (TPSA) is 71.0 Å². The molecule has 1 aliphatic carbocycles. The van der Waals surface area contributed by atoms with E-state index in [1.54, 1.807) is 0 Å². The van der Waals surface area contributed by atoms with E-state index < -0.39 is 0 Å². The number of nitrogens with zero attached hydrogens (tertiary/aromatic N) is 2. The number of urea groups is 1. The van der Waals surface area contributed by atoms with Gasteiger partial charge in [-0.2, -0.15) is 5.10 Å². The smallest absolute Gasteiger partial charge is 0.330 e. The predicted octanol–water partition coefficient (Wildman–Crippen LogP) is 3.09. The van der Waals surface area contributed by atoms with Crippen LogP contribution in [0.1, 0.15) is 35.7 Å². The molecule has 1 atom stereocenters. The number of benzene rings is 1. The summed E-state index contributed by atoms with van der Waals surface area (Å²) in [5, 5.41) is 7.94. The van der Waals surface area contributed by atoms with E-state index in [1.165, 1.54) is 5.69 Å². The summed E-state index contributed by atoms with van der Waals surface area (Å²) in [5.41, 5.74) is 9.54. The molecule has 1 aromatic carbocycles. The summed E-state index contributed by atoms with van der Waals surface area (Å²) in [4.78, 5) is 12.2. The number of nitrogens with one attached hydrogen (secondary N) is 3. The monoisotopic (exact) mass is 333 g/mol. The minimum Gasteiger partial charge on any atom is -0.330 e. The Hall–Kier alpha value is -2.21. The Morgan fingerprint density at radius 3 is 3.09 bits per heavy atom. The van der Waals surface area contributed by atoms with Gasteiger partial charge in [-0.15, -0.1) is 0 Å². The number of amides is 2. The lowest BCUT2D eigenvalue weighted by Crippen LogP contribution is -2.41. The molecule has 2 amide bonds. The van der Waals surface area contributed by atoms with E-state index in [9.17, 15) is 4.79 Å². The fourth-order valence-corrected chi connectivity index (χ4v) is 3.09. The van der Waals surface area contributed by atoms with Gasteiger partial charge in [0, 0.05) is 23.3 Å². The summed E-state index contributed by atoms with van der Waals surface area (Å²) < 4.78 is 1.88. The molecule has 0 saturated carbocycles. The van der Waals surface area contributed by atoms with Crippen molar-refractivity contribution in [2.75, 3.05) is 5.43 Å². The van der Waals surface area contributed by atoms with Gasteiger partial charge in [0.05, 0.1) is 17.9 Å². The maximum absolute atomic E-state index is 12.2. The van der Waals surface area contributed by atoms with Crippen LogP contribution in [0, 0.1) is 6.92 Å². The van der Waals surface area contributed by atoms with Crippen molar-refractivity contribution in [1.29, 1.82) is 0 Å². The van der Waals surface area contributed by atoms with E-state index >= 15 is 0 Å². The molecule has 1 heterocycles. The Morgan fingerprint density at radius 2 is 2.26 bits per heavy atom. The minimum absolute atomic E-state index is 0.00490. The molecule has 0 saturated heterocycles. The van der Waals surface area contributed by atoms with Gasteiger partial charge in [-0.25, -0.2) is 4.79 Å². The number of anilines is 1. The van der Waals surface area contributed by atoms with Gasteiger partial charge in [-0.3, -0.25) is 15.5 Å². The molecule has 2 aromatic rings. The Bertz CT molecular complexity index is 727. The summed E-state index contributed by atoms with van der Waals surface area (Å²) in [7, 11) is 1.94. The highest BCUT2D eigenvalue weighted by molar-refractivity contribution is 6.31. The molecule has 0 unspecified atom stereocenters. The molecule has 1 aromatic heterocycles. The maximum atomic E-state index is 12.2. The van der Waals surface area contributed by atoms with E-state index in [0.29, 0.717) is 5.02 Å². The third-order valence-electron chi connectivity index (χ3n) is 4.26. The zero-order chi connectivity index (χ0) is 16.4. The lowest BCUT2D eigenvalue weighted by Gasteiger charge is -2.24. The number of halogens is 1. The molecular formula is C16H20ClN5O. The Labute approximate surface area is 140 Å². The second-order valence-electron chi connectivity index (χ2n) is 5.75. The first-order chi connectivity index (χ1) is 11.1. The van der Waals surface area contributed by atoms with Crippen LogP contribution in [0.3, 0.4) is 0 Å². The molecule has 3 rings (SSSR count). The molecule has 6 nitrogen and oxygen atoms in total. The first-order valence-corrected chi connectivity index (χ1v) is 8.02. The highest BCUT2D eigenvalue weighted by Gasteiger charge is 2.24. The standard InChI is InChI=1S/C16H20ClN5O/c1-10-12(17)5-3-6-13(10)20-21-16(23)19-14-7-4-8-15-11(14)9-18-22(15)2/h3,5-6,9,14,20H,4,7-8H2,1-2H3,(H2,19,21,23)/t14-/m0/s1. The Balaban J connectivity index is 1.61. The highest BCUT2D eigenvalue weighted by Crippen LogP contribution is 2.29. The quantitative estimate of drug-likeness (QED) is 0.756. The largest absolute Gasteiger partial charge is 0.333 e. The van der Waals surface area contributed by atoms with Crippen LogP contribution in [0.25, 0.3) is 0 Å². The molecule has 7 heteroatoms. The van der Waals surface area contributed by atoms with Crippen LogP contribution in [0.15, 0.2) is 24.4 Å². The zero-order valence-electron chi connectivity index (χ0n) is 13.2. The maximum Gasteiger partial charge on any atom is 0.333 e. The summed E-state index contributed by atoms with van der Waals surface area (Å²) in [6.07, 6.45) is 4.81. The van der Waals surface area contributed by atoms with E-state index in [1.807, 2.05) is 43.0 Å². The van der Waals surface area contributed by atoms with Crippen LogP contribution < -0.4 is 16.2 Å². The normalized spacial score (nSPS) is 16.6. The van der Waals surface area contributed by atoms with Crippen LogP contribution in [-0.4, -0.2) is 15.8 Å². The van der Waals surface area contributed by atoms with Gasteiger partial charge in [0.25, 0.3) is 0 Å². The molecule has 0 fully saturated rings. The molecule has 1 aliphatic rings. The fourth-order valence-electron chi connectivity index (χ4n) is 2.92. The first-order valence-electron chi connectivity index (χ1n) is 7.64. The molecule has 0 spiro atoms. The Morgan fingerprint density at radius 1 is 1.43 bits per heavy atom. The number of carbonyl (C=O) groups excluding carboxylic acids is 1. The summed E-state index contributed by atoms with van der Waals surface area (Å²) >= 11 is 6.07. The number of hydrazine groups is 1. The van der Waals surface area contributed by atoms with Crippen LogP contribution in [-0.2, 0) is 13.5 Å². The molecule has 3 N–H and O–H groups in total. The third kappa shape index (κ3) is 3.27. The average Bonchev–Trinajstić information content (AvgIpc) is 2.91. The van der Waals surface area contributed by atoms with Crippen LogP contribution in [0.5, 0.6) is 0 Å². The van der Waals surface area contributed by atoms with Crippen molar-refractivity contribution in [1.82, 2.24) is 20.5 Å². The van der Waals surface area contributed by atoms with Gasteiger partial charge in [0.1, 0.15) is 0 Å². The fraction of sp³-hybridized carbons (Fsp3) is 0.375. The van der Waals surface area contributed by atoms with Crippen LogP contribution in [0.2, 0.25) is 5.02 Å². The van der Waals surface area contributed by atoms with Gasteiger partial charge >= 0.3 is 6.03 Å². The minimum atomic E-state index is -0.272. The number of hydrogen-bond acceptors (Lipinski definition) is 3. The van der Waals surface area contributed by atoms with E-state index in [0.717, 1.165) is 36.1 Å². The second-order valence-corrected chi connectivity index (χ2v) is 6.16. The lowest BCUT2D eigenvalue weighted by molar-refractivity contribution is 0.237. The van der Waals surface area contributed by atoms with Crippen molar-refractivity contribution in [2.24, 2.45) is 7.05 Å². The number of aromatic nitrogens is 2. The van der Waals surface area contributed by atoms with Gasteiger partial charge < -0.3 is 5.32 Å². The van der Waals surface area contributed by atoms with Gasteiger partial charge in [-0.1, -0.05) is 17.7 Å². The number of aryl methyl sites for hydroxylation is 1. The van der Waals surface area contributed by atoms with Crippen molar-refractivity contribution in [2.45, 2.75) is 32.2 Å². The molecule has 0 bridgehead atoms. The molecular weight excluding hydrogens is 314 g/mol. The third-order valence-corrected chi connectivity index (χ3v) is 4.67. The number of fused-ring (bicyclic) bond motifs is 1. The highest BCUT2D eigenvalue weighted by atomic mass is 35.5. The van der Waals surface area contributed by atoms with Crippen molar-refractivity contribution in [3.8, 4) is 0 Å². The second kappa shape index (κ2) is 6.50. The van der Waals surface area contributed by atoms with E-state index in [-0.39, 0.29) is 12.1 Å². The number of hydrogen-bond donors (Lipinski definition) is 3. The van der Waals surface area contributed by atoms with Crippen molar-refractivity contribution in [3.63, 3.8) is 0 Å². The SMILES string of the molecule is Cc1c(Cl)cccc1NNC(=O)N[C@H]1CCCc2c1cnn2C. The van der Waals surface area contributed by atoms with Crippen molar-refractivity contribution in [3.05, 3.63) is 46.2 Å². The number of carbonyl (C=O) groups is 1. The molecule has 0 radical (unpaired) electrons. The van der Waals surface area contributed by atoms with E-state index in [4.69, 9.17) is 11.6 Å². The van der Waals surface area contributed by atoms with Gasteiger partial charge in [0.2, 0.25) is 0 Å². The van der Waals surface area contributed by atoms with Crippen LogP contribution in [0.4, 0.5) is 10.5 Å². The predicted molar refractivity (Wildman–Crippen MR) is 90.4 cm³/mol. The zero-order valence-corrected chi connectivity index (χ0v) is 13.9. The van der Waals surface area contributed by atoms with Crippen molar-refractivity contribution >= 4 is 23.3 Å². The molecule has 23 heavy (non-hydrogen) atoms. The lowest BCUT2D eigenvalue weighted by atomic mass is 9.93. The summed E-state index contributed by atoms with van der Waals surface area (Å²) in [5.74, 6) is 0.